The maximum atomic E-state index is 12.4. The van der Waals surface area contributed by atoms with E-state index in [-0.39, 0.29) is 5.91 Å². The molecular formula is C19H23N7OS. The van der Waals surface area contributed by atoms with Crippen molar-refractivity contribution in [1.29, 1.82) is 0 Å². The number of aromatic amines is 1. The zero-order valence-electron chi connectivity index (χ0n) is 16.0. The molecule has 0 aliphatic carbocycles. The van der Waals surface area contributed by atoms with E-state index >= 15 is 0 Å². The summed E-state index contributed by atoms with van der Waals surface area (Å²) in [6.07, 6.45) is 0. The summed E-state index contributed by atoms with van der Waals surface area (Å²) in [5, 5.41) is 19.7. The molecule has 0 bridgehead atoms. The van der Waals surface area contributed by atoms with Gasteiger partial charge in [0.15, 0.2) is 5.82 Å². The van der Waals surface area contributed by atoms with Crippen molar-refractivity contribution in [1.82, 2.24) is 25.3 Å². The molecule has 1 fully saturated rings. The van der Waals surface area contributed by atoms with Gasteiger partial charge in [0.1, 0.15) is 5.01 Å². The van der Waals surface area contributed by atoms with Gasteiger partial charge in [-0.2, -0.15) is 5.10 Å². The first-order chi connectivity index (χ1) is 13.6. The number of anilines is 2. The van der Waals surface area contributed by atoms with Gasteiger partial charge in [0.05, 0.1) is 6.54 Å². The molecule has 1 aromatic carbocycles. The van der Waals surface area contributed by atoms with Gasteiger partial charge in [-0.3, -0.25) is 14.8 Å². The van der Waals surface area contributed by atoms with Gasteiger partial charge in [-0.05, 0) is 26.0 Å². The second-order valence-electron chi connectivity index (χ2n) is 6.99. The number of H-pyrrole nitrogens is 1. The minimum Gasteiger partial charge on any atom is -0.353 e. The number of benzene rings is 1. The second-order valence-corrected chi connectivity index (χ2v) is 8.06. The summed E-state index contributed by atoms with van der Waals surface area (Å²) < 4.78 is 0. The van der Waals surface area contributed by atoms with Crippen LogP contribution in [0.2, 0.25) is 0 Å². The molecule has 0 radical (unpaired) electrons. The smallest absolute Gasteiger partial charge is 0.286 e. The predicted octanol–water partition coefficient (Wildman–Crippen LogP) is 2.45. The van der Waals surface area contributed by atoms with E-state index in [1.165, 1.54) is 11.3 Å². The summed E-state index contributed by atoms with van der Waals surface area (Å²) in [5.74, 6) is 0.787. The number of nitrogens with zero attached hydrogens (tertiary/aromatic N) is 5. The first-order valence-electron chi connectivity index (χ1n) is 9.26. The normalized spacial score (nSPS) is 15.0. The van der Waals surface area contributed by atoms with E-state index in [2.05, 4.69) is 41.6 Å². The molecule has 1 saturated heterocycles. The molecule has 1 aliphatic heterocycles. The molecule has 0 unspecified atom stereocenters. The number of nitrogens with one attached hydrogen (secondary N) is 2. The molecule has 2 aromatic heterocycles. The van der Waals surface area contributed by atoms with Crippen molar-refractivity contribution in [2.24, 2.45) is 0 Å². The Balaban J connectivity index is 1.30. The molecule has 146 valence electrons. The molecule has 3 heterocycles. The van der Waals surface area contributed by atoms with Gasteiger partial charge in [0, 0.05) is 43.6 Å². The molecule has 9 heteroatoms. The SMILES string of the molecule is Cc1ccc(NC(=O)c2nnc(CN3CCN(c4cc(C)[nH]n4)CC3)s2)cc1. The minimum atomic E-state index is -0.216. The van der Waals surface area contributed by atoms with E-state index in [0.717, 1.165) is 53.9 Å². The Hall–Kier alpha value is -2.78. The van der Waals surface area contributed by atoms with Crippen LogP contribution < -0.4 is 10.2 Å². The van der Waals surface area contributed by atoms with Crippen LogP contribution in [0.15, 0.2) is 30.3 Å². The highest BCUT2D eigenvalue weighted by Gasteiger charge is 2.21. The van der Waals surface area contributed by atoms with Crippen LogP contribution in [0.5, 0.6) is 0 Å². The van der Waals surface area contributed by atoms with Gasteiger partial charge < -0.3 is 10.2 Å². The molecule has 3 aromatic rings. The number of hydrogen-bond donors (Lipinski definition) is 2. The van der Waals surface area contributed by atoms with Crippen molar-refractivity contribution in [2.75, 3.05) is 36.4 Å². The molecular weight excluding hydrogens is 374 g/mol. The fraction of sp³-hybridized carbons (Fsp3) is 0.368. The quantitative estimate of drug-likeness (QED) is 0.687. The van der Waals surface area contributed by atoms with Crippen LogP contribution in [0.3, 0.4) is 0 Å². The Morgan fingerprint density at radius 1 is 1.14 bits per heavy atom. The molecule has 0 spiro atoms. The molecule has 0 saturated carbocycles. The average molecular weight is 398 g/mol. The molecule has 4 rings (SSSR count). The molecule has 1 aliphatic rings. The van der Waals surface area contributed by atoms with Gasteiger partial charge in [-0.1, -0.05) is 29.0 Å². The summed E-state index contributed by atoms with van der Waals surface area (Å²) in [6.45, 7) is 8.43. The van der Waals surface area contributed by atoms with Crippen molar-refractivity contribution in [3.05, 3.63) is 51.6 Å². The van der Waals surface area contributed by atoms with Crippen LogP contribution in [-0.2, 0) is 6.54 Å². The Morgan fingerprint density at radius 3 is 2.57 bits per heavy atom. The van der Waals surface area contributed by atoms with Crippen molar-refractivity contribution in [3.8, 4) is 0 Å². The second kappa shape index (κ2) is 8.07. The zero-order chi connectivity index (χ0) is 19.5. The molecule has 1 amide bonds. The molecule has 28 heavy (non-hydrogen) atoms. The van der Waals surface area contributed by atoms with E-state index in [0.29, 0.717) is 11.6 Å². The standard InChI is InChI=1S/C19H23N7OS/c1-13-3-5-15(6-4-13)20-18(27)19-24-23-17(28-19)12-25-7-9-26(10-8-25)16-11-14(2)21-22-16/h3-6,11H,7-10,12H2,1-2H3,(H,20,27)(H,21,22). The number of aromatic nitrogens is 4. The van der Waals surface area contributed by atoms with Crippen molar-refractivity contribution in [3.63, 3.8) is 0 Å². The van der Waals surface area contributed by atoms with Gasteiger partial charge in [0.2, 0.25) is 5.01 Å². The Morgan fingerprint density at radius 2 is 1.89 bits per heavy atom. The van der Waals surface area contributed by atoms with E-state index in [1.54, 1.807) is 0 Å². The number of rotatable bonds is 5. The highest BCUT2D eigenvalue weighted by Crippen LogP contribution is 2.18. The van der Waals surface area contributed by atoms with Crippen LogP contribution in [0.25, 0.3) is 0 Å². The summed E-state index contributed by atoms with van der Waals surface area (Å²) in [7, 11) is 0. The zero-order valence-corrected chi connectivity index (χ0v) is 16.8. The minimum absolute atomic E-state index is 0.216. The predicted molar refractivity (Wildman–Crippen MR) is 110 cm³/mol. The number of hydrogen-bond acceptors (Lipinski definition) is 7. The largest absolute Gasteiger partial charge is 0.353 e. The highest BCUT2D eigenvalue weighted by atomic mass is 32.1. The van der Waals surface area contributed by atoms with Gasteiger partial charge in [-0.15, -0.1) is 10.2 Å². The van der Waals surface area contributed by atoms with E-state index in [1.807, 2.05) is 38.1 Å². The van der Waals surface area contributed by atoms with Gasteiger partial charge in [0.25, 0.3) is 5.91 Å². The van der Waals surface area contributed by atoms with Crippen molar-refractivity contribution < 1.29 is 4.79 Å². The third-order valence-electron chi connectivity index (χ3n) is 4.72. The van der Waals surface area contributed by atoms with Gasteiger partial charge in [-0.25, -0.2) is 0 Å². The van der Waals surface area contributed by atoms with Crippen LogP contribution in [-0.4, -0.2) is 57.4 Å². The maximum Gasteiger partial charge on any atom is 0.286 e. The first kappa shape index (κ1) is 18.6. The van der Waals surface area contributed by atoms with Crippen LogP contribution >= 0.6 is 11.3 Å². The first-order valence-corrected chi connectivity index (χ1v) is 10.1. The fourth-order valence-corrected chi connectivity index (χ4v) is 3.90. The lowest BCUT2D eigenvalue weighted by Crippen LogP contribution is -2.46. The lowest BCUT2D eigenvalue weighted by Gasteiger charge is -2.34. The lowest BCUT2D eigenvalue weighted by molar-refractivity contribution is 0.102. The fourth-order valence-electron chi connectivity index (χ4n) is 3.12. The number of aryl methyl sites for hydroxylation is 2. The Kier molecular flexibility index (Phi) is 5.36. The van der Waals surface area contributed by atoms with E-state index < -0.39 is 0 Å². The van der Waals surface area contributed by atoms with Crippen molar-refractivity contribution in [2.45, 2.75) is 20.4 Å². The molecule has 8 nitrogen and oxygen atoms in total. The Bertz CT molecular complexity index is 941. The van der Waals surface area contributed by atoms with Crippen LogP contribution in [0, 0.1) is 13.8 Å². The van der Waals surface area contributed by atoms with Crippen molar-refractivity contribution >= 4 is 28.7 Å². The van der Waals surface area contributed by atoms with Gasteiger partial charge >= 0.3 is 0 Å². The maximum absolute atomic E-state index is 12.4. The molecule has 0 atom stereocenters. The van der Waals surface area contributed by atoms with E-state index in [4.69, 9.17) is 0 Å². The Labute approximate surface area is 167 Å². The summed E-state index contributed by atoms with van der Waals surface area (Å²) in [6, 6.07) is 9.76. The number of carbonyl (C=O) groups excluding carboxylic acids is 1. The highest BCUT2D eigenvalue weighted by molar-refractivity contribution is 7.13. The van der Waals surface area contributed by atoms with Crippen LogP contribution in [0.4, 0.5) is 11.5 Å². The number of piperazine rings is 1. The third-order valence-corrected chi connectivity index (χ3v) is 5.62. The summed E-state index contributed by atoms with van der Waals surface area (Å²) >= 11 is 1.35. The molecule has 2 N–H and O–H groups in total. The topological polar surface area (TPSA) is 90.0 Å². The summed E-state index contributed by atoms with van der Waals surface area (Å²) in [5.41, 5.74) is 2.98. The van der Waals surface area contributed by atoms with Crippen LogP contribution in [0.1, 0.15) is 26.1 Å². The number of amides is 1. The monoisotopic (exact) mass is 397 g/mol. The average Bonchev–Trinajstić information content (AvgIpc) is 3.33. The number of carbonyl (C=O) groups is 1. The summed E-state index contributed by atoms with van der Waals surface area (Å²) in [4.78, 5) is 17.0. The lowest BCUT2D eigenvalue weighted by atomic mass is 10.2. The van der Waals surface area contributed by atoms with E-state index in [9.17, 15) is 4.79 Å². The third kappa shape index (κ3) is 4.37.